The maximum absolute atomic E-state index is 5.33. The standard InChI is InChI=1S/C16H19NO2/c1-5-13(10-11-17-2)6-7-14-8-9-15(18-3)12-16(14)19-4/h5-12H,1H2,2-4H3/b7-6+,13-10+,17-11?. The Kier molecular flexibility index (Phi) is 6.16. The Morgan fingerprint density at radius 2 is 2.05 bits per heavy atom. The molecule has 1 aromatic carbocycles. The molecule has 0 aliphatic carbocycles. The van der Waals surface area contributed by atoms with Gasteiger partial charge in [-0.2, -0.15) is 0 Å². The molecule has 0 bridgehead atoms. The van der Waals surface area contributed by atoms with E-state index in [1.165, 1.54) is 0 Å². The molecule has 0 heterocycles. The van der Waals surface area contributed by atoms with E-state index >= 15 is 0 Å². The van der Waals surface area contributed by atoms with Gasteiger partial charge in [0.25, 0.3) is 0 Å². The molecule has 0 spiro atoms. The molecule has 0 saturated carbocycles. The topological polar surface area (TPSA) is 30.8 Å². The quantitative estimate of drug-likeness (QED) is 0.576. The summed E-state index contributed by atoms with van der Waals surface area (Å²) in [5.41, 5.74) is 1.95. The summed E-state index contributed by atoms with van der Waals surface area (Å²) in [6.07, 6.45) is 9.31. The minimum atomic E-state index is 0.767. The van der Waals surface area contributed by atoms with Crippen LogP contribution in [-0.4, -0.2) is 27.5 Å². The van der Waals surface area contributed by atoms with Crippen molar-refractivity contribution in [2.24, 2.45) is 4.99 Å². The van der Waals surface area contributed by atoms with Gasteiger partial charge in [0.05, 0.1) is 14.2 Å². The van der Waals surface area contributed by atoms with E-state index in [0.29, 0.717) is 0 Å². The first-order valence-corrected chi connectivity index (χ1v) is 5.90. The van der Waals surface area contributed by atoms with E-state index in [-0.39, 0.29) is 0 Å². The van der Waals surface area contributed by atoms with Crippen molar-refractivity contribution in [3.05, 3.63) is 54.1 Å². The molecule has 0 aliphatic rings. The van der Waals surface area contributed by atoms with Gasteiger partial charge in [-0.15, -0.1) is 0 Å². The zero-order valence-electron chi connectivity index (χ0n) is 11.6. The van der Waals surface area contributed by atoms with Gasteiger partial charge >= 0.3 is 0 Å². The molecule has 100 valence electrons. The van der Waals surface area contributed by atoms with Gasteiger partial charge in [0.1, 0.15) is 11.5 Å². The highest BCUT2D eigenvalue weighted by Gasteiger charge is 2.01. The summed E-state index contributed by atoms with van der Waals surface area (Å²) in [5.74, 6) is 1.54. The number of nitrogens with zero attached hydrogens (tertiary/aromatic N) is 1. The molecule has 0 atom stereocenters. The van der Waals surface area contributed by atoms with Gasteiger partial charge in [0.2, 0.25) is 0 Å². The molecule has 0 N–H and O–H groups in total. The van der Waals surface area contributed by atoms with E-state index in [1.807, 2.05) is 36.4 Å². The molecular weight excluding hydrogens is 238 g/mol. The van der Waals surface area contributed by atoms with E-state index < -0.39 is 0 Å². The highest BCUT2D eigenvalue weighted by atomic mass is 16.5. The third-order valence-corrected chi connectivity index (χ3v) is 2.55. The van der Waals surface area contributed by atoms with Crippen LogP contribution in [-0.2, 0) is 0 Å². The van der Waals surface area contributed by atoms with Crippen LogP contribution < -0.4 is 9.47 Å². The molecule has 1 aromatic rings. The molecule has 0 aliphatic heterocycles. The molecule has 19 heavy (non-hydrogen) atoms. The Labute approximate surface area is 114 Å². The second-order valence-electron chi connectivity index (χ2n) is 3.72. The first kappa shape index (κ1) is 14.8. The first-order valence-electron chi connectivity index (χ1n) is 5.90. The lowest BCUT2D eigenvalue weighted by molar-refractivity contribution is 0.394. The Hall–Kier alpha value is -2.29. The Balaban J connectivity index is 3.00. The molecular formula is C16H19NO2. The molecule has 0 aromatic heterocycles. The molecule has 0 amide bonds. The number of ether oxygens (including phenoxy) is 2. The zero-order chi connectivity index (χ0) is 14.1. The fourth-order valence-corrected chi connectivity index (χ4v) is 1.49. The fraction of sp³-hybridized carbons (Fsp3) is 0.188. The zero-order valence-corrected chi connectivity index (χ0v) is 11.6. The van der Waals surface area contributed by atoms with Gasteiger partial charge in [-0.1, -0.05) is 24.8 Å². The van der Waals surface area contributed by atoms with Crippen LogP contribution in [0.1, 0.15) is 5.56 Å². The summed E-state index contributed by atoms with van der Waals surface area (Å²) in [6.45, 7) is 3.76. The van der Waals surface area contributed by atoms with Crippen LogP contribution in [0.4, 0.5) is 0 Å². The van der Waals surface area contributed by atoms with E-state index in [1.54, 1.807) is 33.6 Å². The summed E-state index contributed by atoms with van der Waals surface area (Å²) in [5, 5.41) is 0. The first-order chi connectivity index (χ1) is 9.24. The molecule has 3 heteroatoms. The van der Waals surface area contributed by atoms with Crippen molar-refractivity contribution in [1.82, 2.24) is 0 Å². The Morgan fingerprint density at radius 1 is 1.26 bits per heavy atom. The van der Waals surface area contributed by atoms with Gasteiger partial charge in [-0.05, 0) is 23.8 Å². The van der Waals surface area contributed by atoms with Crippen molar-refractivity contribution in [2.45, 2.75) is 0 Å². The van der Waals surface area contributed by atoms with Crippen LogP contribution >= 0.6 is 0 Å². The van der Waals surface area contributed by atoms with Crippen molar-refractivity contribution in [3.63, 3.8) is 0 Å². The summed E-state index contributed by atoms with van der Waals surface area (Å²) in [7, 11) is 5.00. The monoisotopic (exact) mass is 257 g/mol. The molecule has 0 fully saturated rings. The minimum Gasteiger partial charge on any atom is -0.497 e. The van der Waals surface area contributed by atoms with Crippen LogP contribution in [0, 0.1) is 0 Å². The average Bonchev–Trinajstić information content (AvgIpc) is 2.47. The summed E-state index contributed by atoms with van der Waals surface area (Å²) < 4.78 is 10.5. The second kappa shape index (κ2) is 7.93. The highest BCUT2D eigenvalue weighted by molar-refractivity contribution is 5.75. The number of aliphatic imine (C=N–C) groups is 1. The van der Waals surface area contributed by atoms with Crippen molar-refractivity contribution >= 4 is 12.3 Å². The number of rotatable bonds is 6. The van der Waals surface area contributed by atoms with Gasteiger partial charge < -0.3 is 9.47 Å². The lowest BCUT2D eigenvalue weighted by Gasteiger charge is -2.07. The predicted octanol–water partition coefficient (Wildman–Crippen LogP) is 3.53. The molecule has 3 nitrogen and oxygen atoms in total. The Morgan fingerprint density at radius 3 is 2.63 bits per heavy atom. The normalized spacial score (nSPS) is 12.1. The maximum atomic E-state index is 5.33. The number of benzene rings is 1. The lowest BCUT2D eigenvalue weighted by atomic mass is 10.1. The SMILES string of the molecule is C=CC(/C=C/c1ccc(OC)cc1OC)=C\C=NC. The van der Waals surface area contributed by atoms with Gasteiger partial charge in [-0.25, -0.2) is 0 Å². The lowest BCUT2D eigenvalue weighted by Crippen LogP contribution is -1.89. The van der Waals surface area contributed by atoms with Crippen molar-refractivity contribution in [2.75, 3.05) is 21.3 Å². The fourth-order valence-electron chi connectivity index (χ4n) is 1.49. The summed E-state index contributed by atoms with van der Waals surface area (Å²) >= 11 is 0. The molecule has 0 saturated heterocycles. The third kappa shape index (κ3) is 4.47. The van der Waals surface area contributed by atoms with Gasteiger partial charge in [-0.3, -0.25) is 4.99 Å². The third-order valence-electron chi connectivity index (χ3n) is 2.55. The van der Waals surface area contributed by atoms with Gasteiger partial charge in [0, 0.05) is 24.9 Å². The van der Waals surface area contributed by atoms with Crippen LogP contribution in [0.2, 0.25) is 0 Å². The summed E-state index contributed by atoms with van der Waals surface area (Å²) in [4.78, 5) is 3.91. The Bertz CT molecular complexity index is 513. The van der Waals surface area contributed by atoms with E-state index in [0.717, 1.165) is 22.6 Å². The van der Waals surface area contributed by atoms with Crippen LogP contribution in [0.15, 0.2) is 53.6 Å². The highest BCUT2D eigenvalue weighted by Crippen LogP contribution is 2.25. The molecule has 1 rings (SSSR count). The van der Waals surface area contributed by atoms with Crippen LogP contribution in [0.25, 0.3) is 6.08 Å². The van der Waals surface area contributed by atoms with E-state index in [4.69, 9.17) is 9.47 Å². The van der Waals surface area contributed by atoms with E-state index in [2.05, 4.69) is 11.6 Å². The molecule has 0 radical (unpaired) electrons. The largest absolute Gasteiger partial charge is 0.497 e. The van der Waals surface area contributed by atoms with Crippen molar-refractivity contribution < 1.29 is 9.47 Å². The number of hydrogen-bond donors (Lipinski definition) is 0. The van der Waals surface area contributed by atoms with Crippen molar-refractivity contribution in [3.8, 4) is 11.5 Å². The predicted molar refractivity (Wildman–Crippen MR) is 81.3 cm³/mol. The molecule has 0 unspecified atom stereocenters. The maximum Gasteiger partial charge on any atom is 0.129 e. The average molecular weight is 257 g/mol. The van der Waals surface area contributed by atoms with E-state index in [9.17, 15) is 0 Å². The van der Waals surface area contributed by atoms with Crippen LogP contribution in [0.3, 0.4) is 0 Å². The minimum absolute atomic E-state index is 0.767. The van der Waals surface area contributed by atoms with Gasteiger partial charge in [0.15, 0.2) is 0 Å². The summed E-state index contributed by atoms with van der Waals surface area (Å²) in [6, 6.07) is 5.69. The van der Waals surface area contributed by atoms with Crippen LogP contribution in [0.5, 0.6) is 11.5 Å². The second-order valence-corrected chi connectivity index (χ2v) is 3.72. The number of methoxy groups -OCH3 is 2. The number of allylic oxidation sites excluding steroid dienone is 4. The smallest absolute Gasteiger partial charge is 0.129 e. The van der Waals surface area contributed by atoms with Crippen molar-refractivity contribution in [1.29, 1.82) is 0 Å². The number of hydrogen-bond acceptors (Lipinski definition) is 3.